The molecule has 12 heavy (non-hydrogen) atoms. The van der Waals surface area contributed by atoms with Crippen molar-refractivity contribution in [2.75, 3.05) is 0 Å². The Morgan fingerprint density at radius 2 is 2.08 bits per heavy atom. The molecule has 4 heteroatoms. The fourth-order valence-corrected chi connectivity index (χ4v) is 1.33. The molecule has 3 nitrogen and oxygen atoms in total. The Labute approximate surface area is 77.8 Å². The summed E-state index contributed by atoms with van der Waals surface area (Å²) in [6.45, 7) is 7.25. The quantitative estimate of drug-likeness (QED) is 0.726. The van der Waals surface area contributed by atoms with E-state index in [9.17, 15) is 0 Å². The first-order valence-corrected chi connectivity index (χ1v) is 4.60. The maximum Gasteiger partial charge on any atom is 0.225 e. The Bertz CT molecular complexity index is 255. The molecule has 0 saturated carbocycles. The first-order chi connectivity index (χ1) is 5.65. The Hall–Kier alpha value is -0.570. The van der Waals surface area contributed by atoms with E-state index in [-0.39, 0.29) is 0 Å². The molecule has 0 atom stereocenters. The van der Waals surface area contributed by atoms with Crippen LogP contribution in [-0.2, 0) is 13.0 Å². The van der Waals surface area contributed by atoms with E-state index in [1.807, 2.05) is 4.57 Å². The predicted octanol–water partition coefficient (Wildman–Crippen LogP) is 2.15. The van der Waals surface area contributed by atoms with Crippen LogP contribution in [0.3, 0.4) is 0 Å². The molecule has 0 N–H and O–H groups in total. The van der Waals surface area contributed by atoms with Crippen molar-refractivity contribution in [3.63, 3.8) is 0 Å². The Morgan fingerprint density at radius 3 is 2.58 bits per heavy atom. The lowest BCUT2D eigenvalue weighted by Crippen LogP contribution is -2.08. The third-order valence-electron chi connectivity index (χ3n) is 1.65. The van der Waals surface area contributed by atoms with Crippen molar-refractivity contribution in [1.82, 2.24) is 14.8 Å². The maximum absolute atomic E-state index is 5.86. The molecular formula is C8H14ClN3. The van der Waals surface area contributed by atoms with Crippen LogP contribution >= 0.6 is 11.6 Å². The fraction of sp³-hybridized carbons (Fsp3) is 0.750. The van der Waals surface area contributed by atoms with Crippen LogP contribution in [0.1, 0.15) is 26.6 Å². The molecule has 0 aliphatic carbocycles. The molecule has 1 heterocycles. The van der Waals surface area contributed by atoms with Gasteiger partial charge in [-0.05, 0) is 17.5 Å². The van der Waals surface area contributed by atoms with Gasteiger partial charge in [-0.1, -0.05) is 20.8 Å². The van der Waals surface area contributed by atoms with Crippen molar-refractivity contribution < 1.29 is 0 Å². The number of aryl methyl sites for hydroxylation is 1. The van der Waals surface area contributed by atoms with Gasteiger partial charge < -0.3 is 4.57 Å². The highest BCUT2D eigenvalue weighted by Gasteiger charge is 2.08. The number of nitrogens with zero attached hydrogens (tertiary/aromatic N) is 3. The summed E-state index contributed by atoms with van der Waals surface area (Å²) in [6.07, 6.45) is 0.881. The standard InChI is InChI=1S/C8H14ClN3/c1-4-7-10-11-8(9)12(7)5-6(2)3/h6H,4-5H2,1-3H3. The Balaban J connectivity index is 2.86. The molecule has 0 aliphatic heterocycles. The van der Waals surface area contributed by atoms with Gasteiger partial charge in [0, 0.05) is 13.0 Å². The minimum atomic E-state index is 0.501. The minimum Gasteiger partial charge on any atom is -0.302 e. The van der Waals surface area contributed by atoms with Crippen molar-refractivity contribution in [2.24, 2.45) is 5.92 Å². The van der Waals surface area contributed by atoms with E-state index in [4.69, 9.17) is 11.6 Å². The second-order valence-corrected chi connectivity index (χ2v) is 3.58. The largest absolute Gasteiger partial charge is 0.302 e. The fourth-order valence-electron chi connectivity index (χ4n) is 1.12. The van der Waals surface area contributed by atoms with E-state index in [0.717, 1.165) is 18.8 Å². The lowest BCUT2D eigenvalue weighted by molar-refractivity contribution is 0.508. The summed E-state index contributed by atoms with van der Waals surface area (Å²) in [6, 6.07) is 0. The van der Waals surface area contributed by atoms with Crippen LogP contribution in [0.5, 0.6) is 0 Å². The number of aromatic nitrogens is 3. The maximum atomic E-state index is 5.86. The van der Waals surface area contributed by atoms with Gasteiger partial charge in [0.2, 0.25) is 5.28 Å². The van der Waals surface area contributed by atoms with Gasteiger partial charge in [0.05, 0.1) is 0 Å². The second kappa shape index (κ2) is 3.90. The summed E-state index contributed by atoms with van der Waals surface area (Å²) < 4.78 is 1.96. The average Bonchev–Trinajstić information content (AvgIpc) is 2.32. The Morgan fingerprint density at radius 1 is 1.42 bits per heavy atom. The molecular weight excluding hydrogens is 174 g/mol. The normalized spacial score (nSPS) is 11.1. The molecule has 68 valence electrons. The third kappa shape index (κ3) is 1.97. The topological polar surface area (TPSA) is 30.7 Å². The molecule has 0 spiro atoms. The zero-order valence-corrected chi connectivity index (χ0v) is 8.47. The number of halogens is 1. The number of hydrogen-bond acceptors (Lipinski definition) is 2. The first-order valence-electron chi connectivity index (χ1n) is 4.22. The summed E-state index contributed by atoms with van der Waals surface area (Å²) in [5.74, 6) is 1.54. The molecule has 0 bridgehead atoms. The van der Waals surface area contributed by atoms with Crippen LogP contribution in [0.15, 0.2) is 0 Å². The number of rotatable bonds is 3. The zero-order valence-electron chi connectivity index (χ0n) is 7.71. The van der Waals surface area contributed by atoms with Gasteiger partial charge in [-0.15, -0.1) is 10.2 Å². The van der Waals surface area contributed by atoms with Crippen LogP contribution in [-0.4, -0.2) is 14.8 Å². The Kier molecular flexibility index (Phi) is 3.09. The van der Waals surface area contributed by atoms with Gasteiger partial charge in [-0.25, -0.2) is 0 Å². The smallest absolute Gasteiger partial charge is 0.225 e. The summed E-state index contributed by atoms with van der Waals surface area (Å²) in [5, 5.41) is 8.29. The average molecular weight is 188 g/mol. The number of hydrogen-bond donors (Lipinski definition) is 0. The van der Waals surface area contributed by atoms with E-state index in [1.54, 1.807) is 0 Å². The first kappa shape index (κ1) is 9.52. The third-order valence-corrected chi connectivity index (χ3v) is 1.93. The van der Waals surface area contributed by atoms with Gasteiger partial charge in [0.1, 0.15) is 5.82 Å². The van der Waals surface area contributed by atoms with Gasteiger partial charge in [0.25, 0.3) is 0 Å². The van der Waals surface area contributed by atoms with E-state index in [1.165, 1.54) is 0 Å². The highest BCUT2D eigenvalue weighted by molar-refractivity contribution is 6.28. The minimum absolute atomic E-state index is 0.501. The molecule has 0 amide bonds. The molecule has 1 aromatic heterocycles. The van der Waals surface area contributed by atoms with Crippen molar-refractivity contribution in [3.05, 3.63) is 11.1 Å². The molecule has 0 unspecified atom stereocenters. The lowest BCUT2D eigenvalue weighted by Gasteiger charge is -2.08. The molecule has 1 aromatic rings. The van der Waals surface area contributed by atoms with Crippen molar-refractivity contribution in [1.29, 1.82) is 0 Å². The van der Waals surface area contributed by atoms with E-state index in [2.05, 4.69) is 31.0 Å². The molecule has 0 saturated heterocycles. The molecule has 0 radical (unpaired) electrons. The van der Waals surface area contributed by atoms with Gasteiger partial charge >= 0.3 is 0 Å². The van der Waals surface area contributed by atoms with Crippen LogP contribution < -0.4 is 0 Å². The van der Waals surface area contributed by atoms with Crippen molar-refractivity contribution in [3.8, 4) is 0 Å². The summed E-state index contributed by atoms with van der Waals surface area (Å²) >= 11 is 5.86. The molecule has 0 fully saturated rings. The molecule has 0 aromatic carbocycles. The predicted molar refractivity (Wildman–Crippen MR) is 49.2 cm³/mol. The van der Waals surface area contributed by atoms with Crippen molar-refractivity contribution in [2.45, 2.75) is 33.7 Å². The molecule has 1 rings (SSSR count). The van der Waals surface area contributed by atoms with E-state index < -0.39 is 0 Å². The van der Waals surface area contributed by atoms with Crippen LogP contribution in [0.2, 0.25) is 5.28 Å². The van der Waals surface area contributed by atoms with Crippen LogP contribution in [0.25, 0.3) is 0 Å². The monoisotopic (exact) mass is 187 g/mol. The highest BCUT2D eigenvalue weighted by atomic mass is 35.5. The van der Waals surface area contributed by atoms with E-state index >= 15 is 0 Å². The molecule has 0 aliphatic rings. The van der Waals surface area contributed by atoms with Gasteiger partial charge in [-0.2, -0.15) is 0 Å². The van der Waals surface area contributed by atoms with Crippen molar-refractivity contribution >= 4 is 11.6 Å². The SMILES string of the molecule is CCc1nnc(Cl)n1CC(C)C. The van der Waals surface area contributed by atoms with E-state index in [0.29, 0.717) is 11.2 Å². The summed E-state index contributed by atoms with van der Waals surface area (Å²) in [7, 11) is 0. The lowest BCUT2D eigenvalue weighted by atomic mass is 10.2. The van der Waals surface area contributed by atoms with Crippen LogP contribution in [0.4, 0.5) is 0 Å². The highest BCUT2D eigenvalue weighted by Crippen LogP contribution is 2.11. The van der Waals surface area contributed by atoms with Crippen LogP contribution in [0, 0.1) is 5.92 Å². The van der Waals surface area contributed by atoms with Gasteiger partial charge in [0.15, 0.2) is 0 Å². The van der Waals surface area contributed by atoms with Gasteiger partial charge in [-0.3, -0.25) is 0 Å². The zero-order chi connectivity index (χ0) is 9.14. The second-order valence-electron chi connectivity index (χ2n) is 3.24. The summed E-state index contributed by atoms with van der Waals surface area (Å²) in [4.78, 5) is 0. The summed E-state index contributed by atoms with van der Waals surface area (Å²) in [5.41, 5.74) is 0.